The van der Waals surface area contributed by atoms with Gasteiger partial charge in [0.1, 0.15) is 23.2 Å². The van der Waals surface area contributed by atoms with Gasteiger partial charge in [0.05, 0.1) is 23.2 Å². The van der Waals surface area contributed by atoms with Crippen LogP contribution in [0.2, 0.25) is 0 Å². The van der Waals surface area contributed by atoms with Crippen LogP contribution >= 0.6 is 0 Å². The van der Waals surface area contributed by atoms with Crippen LogP contribution in [0.3, 0.4) is 0 Å². The highest BCUT2D eigenvalue weighted by Gasteiger charge is 2.36. The molecule has 4 rings (SSSR count). The Labute approximate surface area is 220 Å². The van der Waals surface area contributed by atoms with E-state index >= 15 is 0 Å². The van der Waals surface area contributed by atoms with E-state index in [-0.39, 0.29) is 11.7 Å². The minimum atomic E-state index is -0.942. The smallest absolute Gasteiger partial charge is 0.412 e. The first-order chi connectivity index (χ1) is 18.2. The number of aryl methyl sites for hydroxylation is 3. The second kappa shape index (κ2) is 11.5. The molecule has 3 N–H and O–H groups in total. The van der Waals surface area contributed by atoms with Crippen molar-refractivity contribution < 1.29 is 28.8 Å². The van der Waals surface area contributed by atoms with Gasteiger partial charge in [-0.05, 0) is 63.8 Å². The third-order valence-electron chi connectivity index (χ3n) is 7.00. The average Bonchev–Trinajstić information content (AvgIpc) is 3.24. The number of anilines is 2. The number of nitrogens with zero attached hydrogens (tertiary/aromatic N) is 2. The first-order valence-electron chi connectivity index (χ1n) is 12.7. The molecule has 1 aliphatic carbocycles. The Morgan fingerprint density at radius 1 is 1.00 bits per heavy atom. The molecule has 0 saturated heterocycles. The number of benzene rings is 1. The molecule has 10 heteroatoms. The molecule has 3 aromatic rings. The highest BCUT2D eigenvalue weighted by molar-refractivity contribution is 5.96. The van der Waals surface area contributed by atoms with Crippen molar-refractivity contribution >= 4 is 29.3 Å². The lowest BCUT2D eigenvalue weighted by molar-refractivity contribution is -0.147. The zero-order valence-electron chi connectivity index (χ0n) is 21.9. The standard InChI is InChI=1S/C28H32N4O6/c1-15-9-5-6-10-19(15)18(4)37-28(36)31-24-17(3)32-38-25(24)23-14-13-22(16(2)29-23)30-26(33)20-11-7-8-12-21(20)27(34)35/h5-6,9-10,13-14,18,20-21H,7-8,11-12H2,1-4H3,(H,30,33)(H,31,36)(H,34,35)/t18-,20?,21?/m1/s1. The summed E-state index contributed by atoms with van der Waals surface area (Å²) in [4.78, 5) is 41.7. The first kappa shape index (κ1) is 26.8. The zero-order valence-corrected chi connectivity index (χ0v) is 21.9. The van der Waals surface area contributed by atoms with Crippen molar-refractivity contribution in [3.05, 3.63) is 58.9 Å². The lowest BCUT2D eigenvalue weighted by Gasteiger charge is -2.27. The second-order valence-corrected chi connectivity index (χ2v) is 9.66. The average molecular weight is 521 g/mol. The predicted molar refractivity (Wildman–Crippen MR) is 141 cm³/mol. The molecule has 200 valence electrons. The van der Waals surface area contributed by atoms with Crippen molar-refractivity contribution in [2.45, 2.75) is 59.5 Å². The van der Waals surface area contributed by atoms with Crippen LogP contribution in [0.25, 0.3) is 11.5 Å². The van der Waals surface area contributed by atoms with E-state index in [2.05, 4.69) is 20.8 Å². The van der Waals surface area contributed by atoms with Gasteiger partial charge in [0, 0.05) is 0 Å². The summed E-state index contributed by atoms with van der Waals surface area (Å²) in [6.45, 7) is 7.17. The van der Waals surface area contributed by atoms with Crippen LogP contribution in [0, 0.1) is 32.6 Å². The summed E-state index contributed by atoms with van der Waals surface area (Å²) in [5.41, 5.74) is 4.10. The Bertz CT molecular complexity index is 1350. The quantitative estimate of drug-likeness (QED) is 0.354. The van der Waals surface area contributed by atoms with E-state index in [1.807, 2.05) is 31.2 Å². The van der Waals surface area contributed by atoms with Crippen molar-refractivity contribution in [1.82, 2.24) is 10.1 Å². The Balaban J connectivity index is 1.47. The molecule has 0 bridgehead atoms. The molecular formula is C28H32N4O6. The fourth-order valence-corrected chi connectivity index (χ4v) is 4.88. The highest BCUT2D eigenvalue weighted by atomic mass is 16.6. The fraction of sp³-hybridized carbons (Fsp3) is 0.393. The third-order valence-corrected chi connectivity index (χ3v) is 7.00. The number of hydrogen-bond acceptors (Lipinski definition) is 7. The Kier molecular flexibility index (Phi) is 8.09. The first-order valence-corrected chi connectivity index (χ1v) is 12.7. The van der Waals surface area contributed by atoms with Crippen LogP contribution in [0.15, 0.2) is 40.9 Å². The predicted octanol–water partition coefficient (Wildman–Crippen LogP) is 5.80. The molecule has 38 heavy (non-hydrogen) atoms. The number of ether oxygens (including phenoxy) is 1. The van der Waals surface area contributed by atoms with Gasteiger partial charge in [0.2, 0.25) is 11.7 Å². The van der Waals surface area contributed by atoms with E-state index < -0.39 is 30.0 Å². The lowest BCUT2D eigenvalue weighted by Crippen LogP contribution is -2.36. The SMILES string of the molecule is Cc1ccccc1[C@@H](C)OC(=O)Nc1c(C)noc1-c1ccc(NC(=O)C2CCCCC2C(=O)O)c(C)n1. The summed E-state index contributed by atoms with van der Waals surface area (Å²) in [6, 6.07) is 11.0. The van der Waals surface area contributed by atoms with Gasteiger partial charge in [-0.2, -0.15) is 0 Å². The molecule has 10 nitrogen and oxygen atoms in total. The van der Waals surface area contributed by atoms with Gasteiger partial charge in [-0.3, -0.25) is 14.9 Å². The molecule has 1 aliphatic rings. The number of pyridine rings is 1. The van der Waals surface area contributed by atoms with Gasteiger partial charge in [0.15, 0.2) is 0 Å². The van der Waals surface area contributed by atoms with Gasteiger partial charge < -0.3 is 19.7 Å². The number of carbonyl (C=O) groups is 3. The number of rotatable bonds is 7. The Morgan fingerprint density at radius 3 is 2.39 bits per heavy atom. The van der Waals surface area contributed by atoms with Crippen LogP contribution in [-0.4, -0.2) is 33.2 Å². The molecule has 0 radical (unpaired) electrons. The number of aliphatic carboxylic acids is 1. The monoisotopic (exact) mass is 520 g/mol. The van der Waals surface area contributed by atoms with Gasteiger partial charge in [-0.15, -0.1) is 0 Å². The number of carbonyl (C=O) groups excluding carboxylic acids is 2. The normalized spacial score (nSPS) is 17.9. The summed E-state index contributed by atoms with van der Waals surface area (Å²) in [5, 5.41) is 19.0. The number of carboxylic acid groups (broad SMARTS) is 1. The molecule has 2 amide bonds. The molecule has 0 spiro atoms. The van der Waals surface area contributed by atoms with Gasteiger partial charge in [0.25, 0.3) is 0 Å². The van der Waals surface area contributed by atoms with Crippen molar-refractivity contribution in [2.75, 3.05) is 10.6 Å². The van der Waals surface area contributed by atoms with Crippen LogP contribution in [-0.2, 0) is 14.3 Å². The summed E-state index contributed by atoms with van der Waals surface area (Å²) >= 11 is 0. The van der Waals surface area contributed by atoms with Gasteiger partial charge in [-0.25, -0.2) is 9.78 Å². The number of aromatic nitrogens is 2. The van der Waals surface area contributed by atoms with E-state index in [4.69, 9.17) is 9.26 Å². The van der Waals surface area contributed by atoms with E-state index in [0.717, 1.165) is 24.0 Å². The molecule has 0 aliphatic heterocycles. The molecule has 2 heterocycles. The maximum atomic E-state index is 12.9. The van der Waals surface area contributed by atoms with Crippen molar-refractivity contribution in [1.29, 1.82) is 0 Å². The summed E-state index contributed by atoms with van der Waals surface area (Å²) in [5.74, 6) is -2.28. The number of amides is 2. The molecule has 1 aromatic carbocycles. The van der Waals surface area contributed by atoms with Crippen LogP contribution in [0.1, 0.15) is 61.2 Å². The zero-order chi connectivity index (χ0) is 27.4. The Hall–Kier alpha value is -4.21. The Morgan fingerprint density at radius 2 is 1.71 bits per heavy atom. The van der Waals surface area contributed by atoms with Crippen molar-refractivity contribution in [3.63, 3.8) is 0 Å². The molecule has 1 saturated carbocycles. The number of hydrogen-bond donors (Lipinski definition) is 3. The molecule has 2 unspecified atom stereocenters. The maximum Gasteiger partial charge on any atom is 0.412 e. The third kappa shape index (κ3) is 5.85. The largest absolute Gasteiger partial charge is 0.481 e. The van der Waals surface area contributed by atoms with E-state index in [1.54, 1.807) is 32.9 Å². The van der Waals surface area contributed by atoms with Gasteiger partial charge >= 0.3 is 12.1 Å². The highest BCUT2D eigenvalue weighted by Crippen LogP contribution is 2.34. The van der Waals surface area contributed by atoms with E-state index in [0.29, 0.717) is 41.3 Å². The van der Waals surface area contributed by atoms with Crippen LogP contribution in [0.4, 0.5) is 16.2 Å². The maximum absolute atomic E-state index is 12.9. The lowest BCUT2D eigenvalue weighted by atomic mass is 9.78. The second-order valence-electron chi connectivity index (χ2n) is 9.66. The van der Waals surface area contributed by atoms with Crippen molar-refractivity contribution in [2.24, 2.45) is 11.8 Å². The topological polar surface area (TPSA) is 144 Å². The summed E-state index contributed by atoms with van der Waals surface area (Å²) in [7, 11) is 0. The minimum absolute atomic E-state index is 0.252. The van der Waals surface area contributed by atoms with E-state index in [1.165, 1.54) is 0 Å². The molecule has 1 fully saturated rings. The van der Waals surface area contributed by atoms with Crippen molar-refractivity contribution in [3.8, 4) is 11.5 Å². The minimum Gasteiger partial charge on any atom is -0.481 e. The number of nitrogens with one attached hydrogen (secondary N) is 2. The van der Waals surface area contributed by atoms with Gasteiger partial charge in [-0.1, -0.05) is 42.3 Å². The van der Waals surface area contributed by atoms with Crippen LogP contribution < -0.4 is 10.6 Å². The molecule has 3 atom stereocenters. The fourth-order valence-electron chi connectivity index (χ4n) is 4.88. The summed E-state index contributed by atoms with van der Waals surface area (Å²) in [6.07, 6.45) is 1.54. The number of carboxylic acids is 1. The van der Waals surface area contributed by atoms with Crippen LogP contribution in [0.5, 0.6) is 0 Å². The van der Waals surface area contributed by atoms with E-state index in [9.17, 15) is 19.5 Å². The summed E-state index contributed by atoms with van der Waals surface area (Å²) < 4.78 is 11.0. The molecule has 2 aromatic heterocycles. The molecular weight excluding hydrogens is 488 g/mol.